The molecular weight excluding hydrogens is 452 g/mol. The third-order valence-corrected chi connectivity index (χ3v) is 6.87. The van der Waals surface area contributed by atoms with Crippen LogP contribution in [0.2, 0.25) is 5.02 Å². The van der Waals surface area contributed by atoms with E-state index in [1.54, 1.807) is 28.8 Å². The normalized spacial score (nSPS) is 15.2. The van der Waals surface area contributed by atoms with E-state index in [0.29, 0.717) is 22.1 Å². The molecule has 4 rings (SSSR count). The zero-order chi connectivity index (χ0) is 24.2. The number of carbonyl (C=O) groups is 3. The molecule has 0 spiro atoms. The van der Waals surface area contributed by atoms with Crippen molar-refractivity contribution in [2.24, 2.45) is 11.7 Å². The lowest BCUT2D eigenvalue weighted by atomic mass is 9.80. The standard InChI is InChI=1S/C26H29ClN4O3/c1-16(24(33)17-5-3-2-4-6-17)19-9-12-22-21(15-19)29-26(31(22)14-13-23(28)32)30-25(34)18-7-10-20(27)11-8-18/h7-12,15-17H,2-6,13-14H2,1H3,(H2,28,32)(H,29,30,34). The van der Waals surface area contributed by atoms with Crippen LogP contribution in [0.5, 0.6) is 0 Å². The highest BCUT2D eigenvalue weighted by Gasteiger charge is 2.27. The molecule has 0 bridgehead atoms. The van der Waals surface area contributed by atoms with Gasteiger partial charge in [-0.25, -0.2) is 4.98 Å². The molecule has 1 aliphatic carbocycles. The number of fused-ring (bicyclic) bond motifs is 1. The number of anilines is 1. The van der Waals surface area contributed by atoms with Gasteiger partial charge in [-0.05, 0) is 54.8 Å². The molecule has 3 aromatic rings. The van der Waals surface area contributed by atoms with Crippen molar-refractivity contribution in [1.82, 2.24) is 9.55 Å². The van der Waals surface area contributed by atoms with Gasteiger partial charge in [0.25, 0.3) is 5.91 Å². The number of amides is 2. The van der Waals surface area contributed by atoms with Crippen LogP contribution in [0.1, 0.15) is 67.3 Å². The lowest BCUT2D eigenvalue weighted by molar-refractivity contribution is -0.125. The summed E-state index contributed by atoms with van der Waals surface area (Å²) in [6, 6.07) is 12.3. The summed E-state index contributed by atoms with van der Waals surface area (Å²) in [5, 5.41) is 3.37. The minimum atomic E-state index is -0.444. The minimum Gasteiger partial charge on any atom is -0.370 e. The first-order valence-corrected chi connectivity index (χ1v) is 12.1. The number of ketones is 1. The third-order valence-electron chi connectivity index (χ3n) is 6.62. The number of aromatic nitrogens is 2. The number of halogens is 1. The fourth-order valence-electron chi connectivity index (χ4n) is 4.64. The highest BCUT2D eigenvalue weighted by atomic mass is 35.5. The minimum absolute atomic E-state index is 0.105. The van der Waals surface area contributed by atoms with Gasteiger partial charge in [0.1, 0.15) is 5.78 Å². The zero-order valence-electron chi connectivity index (χ0n) is 19.2. The summed E-state index contributed by atoms with van der Waals surface area (Å²) >= 11 is 5.92. The zero-order valence-corrected chi connectivity index (χ0v) is 20.0. The van der Waals surface area contributed by atoms with E-state index in [1.165, 1.54) is 6.42 Å². The summed E-state index contributed by atoms with van der Waals surface area (Å²) in [4.78, 5) is 41.9. The lowest BCUT2D eigenvalue weighted by Gasteiger charge is -2.23. The molecule has 3 N–H and O–H groups in total. The first-order chi connectivity index (χ1) is 16.3. The van der Waals surface area contributed by atoms with E-state index in [2.05, 4.69) is 10.3 Å². The smallest absolute Gasteiger partial charge is 0.257 e. The number of nitrogens with one attached hydrogen (secondary N) is 1. The van der Waals surface area contributed by atoms with Crippen LogP contribution in [0.25, 0.3) is 11.0 Å². The second-order valence-corrected chi connectivity index (χ2v) is 9.41. The van der Waals surface area contributed by atoms with Crippen molar-refractivity contribution in [1.29, 1.82) is 0 Å². The van der Waals surface area contributed by atoms with E-state index >= 15 is 0 Å². The Morgan fingerprint density at radius 3 is 2.50 bits per heavy atom. The Kier molecular flexibility index (Phi) is 7.32. The van der Waals surface area contributed by atoms with Gasteiger partial charge in [0.15, 0.2) is 0 Å². The summed E-state index contributed by atoms with van der Waals surface area (Å²) in [5.41, 5.74) is 8.11. The topological polar surface area (TPSA) is 107 Å². The molecule has 0 aliphatic heterocycles. The molecule has 8 heteroatoms. The van der Waals surface area contributed by atoms with Crippen LogP contribution in [0.3, 0.4) is 0 Å². The predicted molar refractivity (Wildman–Crippen MR) is 133 cm³/mol. The third kappa shape index (κ3) is 5.30. The van der Waals surface area contributed by atoms with Crippen molar-refractivity contribution in [3.63, 3.8) is 0 Å². The molecule has 0 saturated heterocycles. The Hall–Kier alpha value is -3.19. The van der Waals surface area contributed by atoms with Crippen molar-refractivity contribution in [3.05, 3.63) is 58.6 Å². The van der Waals surface area contributed by atoms with Crippen molar-refractivity contribution in [3.8, 4) is 0 Å². The van der Waals surface area contributed by atoms with Crippen LogP contribution in [-0.2, 0) is 16.1 Å². The molecule has 1 fully saturated rings. The Morgan fingerprint density at radius 1 is 1.12 bits per heavy atom. The van der Waals surface area contributed by atoms with Crippen LogP contribution < -0.4 is 11.1 Å². The van der Waals surface area contributed by atoms with E-state index < -0.39 is 5.91 Å². The van der Waals surface area contributed by atoms with E-state index in [-0.39, 0.29) is 36.5 Å². The van der Waals surface area contributed by atoms with Crippen LogP contribution in [0.4, 0.5) is 5.95 Å². The lowest BCUT2D eigenvalue weighted by Crippen LogP contribution is -2.22. The molecule has 178 valence electrons. The number of hydrogen-bond donors (Lipinski definition) is 2. The maximum absolute atomic E-state index is 13.1. The summed E-state index contributed by atoms with van der Waals surface area (Å²) in [5.74, 6) is -0.284. The quantitative estimate of drug-likeness (QED) is 0.469. The Morgan fingerprint density at radius 2 is 1.82 bits per heavy atom. The summed E-state index contributed by atoms with van der Waals surface area (Å²) in [6.07, 6.45) is 5.47. The Balaban J connectivity index is 1.63. The van der Waals surface area contributed by atoms with Crippen molar-refractivity contribution >= 4 is 46.2 Å². The Labute approximate surface area is 203 Å². The highest BCUT2D eigenvalue weighted by molar-refractivity contribution is 6.30. The maximum atomic E-state index is 13.1. The molecule has 7 nitrogen and oxygen atoms in total. The summed E-state index contributed by atoms with van der Waals surface area (Å²) < 4.78 is 1.77. The fourth-order valence-corrected chi connectivity index (χ4v) is 4.77. The van der Waals surface area contributed by atoms with Gasteiger partial charge < -0.3 is 10.3 Å². The molecule has 1 atom stereocenters. The van der Waals surface area contributed by atoms with Crippen molar-refractivity contribution in [2.45, 2.75) is 57.9 Å². The molecule has 0 radical (unpaired) electrons. The van der Waals surface area contributed by atoms with E-state index in [4.69, 9.17) is 17.3 Å². The van der Waals surface area contributed by atoms with E-state index in [0.717, 1.165) is 36.8 Å². The molecule has 34 heavy (non-hydrogen) atoms. The highest BCUT2D eigenvalue weighted by Crippen LogP contribution is 2.32. The molecule has 2 aromatic carbocycles. The van der Waals surface area contributed by atoms with Crippen molar-refractivity contribution in [2.75, 3.05) is 5.32 Å². The maximum Gasteiger partial charge on any atom is 0.257 e. The molecule has 1 aromatic heterocycles. The van der Waals surface area contributed by atoms with Gasteiger partial charge in [0.05, 0.1) is 11.0 Å². The number of imidazole rings is 1. The number of rotatable bonds is 8. The molecule has 1 aliphatic rings. The number of Topliss-reactive ketones (excluding diaryl/α,β-unsaturated/α-hetero) is 1. The number of primary amides is 1. The van der Waals surface area contributed by atoms with E-state index in [9.17, 15) is 14.4 Å². The van der Waals surface area contributed by atoms with Gasteiger partial charge in [-0.15, -0.1) is 0 Å². The number of nitrogens with two attached hydrogens (primary N) is 1. The average molecular weight is 481 g/mol. The monoisotopic (exact) mass is 480 g/mol. The van der Waals surface area contributed by atoms with E-state index in [1.807, 2.05) is 25.1 Å². The number of aryl methyl sites for hydroxylation is 1. The number of nitrogens with zero attached hydrogens (tertiary/aromatic N) is 2. The molecule has 2 amide bonds. The second-order valence-electron chi connectivity index (χ2n) is 8.97. The van der Waals surface area contributed by atoms with Gasteiger partial charge >= 0.3 is 0 Å². The van der Waals surface area contributed by atoms with Crippen LogP contribution >= 0.6 is 11.6 Å². The SMILES string of the molecule is CC(C(=O)C1CCCCC1)c1ccc2c(c1)nc(NC(=O)c1ccc(Cl)cc1)n2CCC(N)=O. The largest absolute Gasteiger partial charge is 0.370 e. The molecule has 1 unspecified atom stereocenters. The van der Waals surface area contributed by atoms with Crippen LogP contribution in [0, 0.1) is 5.92 Å². The predicted octanol–water partition coefficient (Wildman–Crippen LogP) is 5.07. The molecule has 1 saturated carbocycles. The fraction of sp³-hybridized carbons (Fsp3) is 0.385. The molecular formula is C26H29ClN4O3. The second kappa shape index (κ2) is 10.4. The van der Waals surface area contributed by atoms with Gasteiger partial charge in [-0.1, -0.05) is 43.9 Å². The van der Waals surface area contributed by atoms with Crippen molar-refractivity contribution < 1.29 is 14.4 Å². The molecule has 1 heterocycles. The first-order valence-electron chi connectivity index (χ1n) is 11.7. The van der Waals surface area contributed by atoms with Gasteiger partial charge in [0, 0.05) is 35.4 Å². The van der Waals surface area contributed by atoms with Crippen LogP contribution in [0.15, 0.2) is 42.5 Å². The summed E-state index contributed by atoms with van der Waals surface area (Å²) in [6.45, 7) is 2.23. The summed E-state index contributed by atoms with van der Waals surface area (Å²) in [7, 11) is 0. The number of hydrogen-bond acceptors (Lipinski definition) is 4. The van der Waals surface area contributed by atoms with Gasteiger partial charge in [0.2, 0.25) is 11.9 Å². The first kappa shape index (κ1) is 24.0. The Bertz CT molecular complexity index is 1210. The van der Waals surface area contributed by atoms with Gasteiger partial charge in [-0.2, -0.15) is 0 Å². The van der Waals surface area contributed by atoms with Gasteiger partial charge in [-0.3, -0.25) is 19.7 Å². The number of benzene rings is 2. The average Bonchev–Trinajstić information content (AvgIpc) is 3.18. The number of carbonyl (C=O) groups excluding carboxylic acids is 3. The van der Waals surface area contributed by atoms with Crippen LogP contribution in [-0.4, -0.2) is 27.1 Å².